The van der Waals surface area contributed by atoms with Gasteiger partial charge < -0.3 is 5.11 Å². The number of benzene rings is 2. The fourth-order valence-corrected chi connectivity index (χ4v) is 4.91. The van der Waals surface area contributed by atoms with E-state index in [-0.39, 0.29) is 17.8 Å². The SMILES string of the molecule is Cc1cccc(N2C(=O)C(O)=C(C(=O)CCc3ccccc3)C2c2sccc2C)c1. The van der Waals surface area contributed by atoms with E-state index in [4.69, 9.17) is 0 Å². The zero-order valence-electron chi connectivity index (χ0n) is 17.0. The molecular formula is C25H23NO3S. The van der Waals surface area contributed by atoms with Gasteiger partial charge in [0.1, 0.15) is 6.04 Å². The highest BCUT2D eigenvalue weighted by molar-refractivity contribution is 7.10. The van der Waals surface area contributed by atoms with Gasteiger partial charge in [0.25, 0.3) is 5.91 Å². The number of thiophene rings is 1. The monoisotopic (exact) mass is 417 g/mol. The number of carbonyl (C=O) groups is 2. The Bertz CT molecular complexity index is 1130. The van der Waals surface area contributed by atoms with E-state index in [2.05, 4.69) is 0 Å². The van der Waals surface area contributed by atoms with Gasteiger partial charge in [-0.15, -0.1) is 11.3 Å². The van der Waals surface area contributed by atoms with Crippen molar-refractivity contribution in [2.24, 2.45) is 0 Å². The number of hydrogen-bond acceptors (Lipinski definition) is 4. The number of amides is 1. The van der Waals surface area contributed by atoms with Crippen LogP contribution in [0.4, 0.5) is 5.69 Å². The number of anilines is 1. The number of hydrogen-bond donors (Lipinski definition) is 1. The predicted octanol–water partition coefficient (Wildman–Crippen LogP) is 5.47. The van der Waals surface area contributed by atoms with Gasteiger partial charge in [0.2, 0.25) is 0 Å². The summed E-state index contributed by atoms with van der Waals surface area (Å²) in [4.78, 5) is 28.8. The van der Waals surface area contributed by atoms with Crippen LogP contribution in [-0.4, -0.2) is 16.8 Å². The lowest BCUT2D eigenvalue weighted by Gasteiger charge is -2.26. The normalized spacial score (nSPS) is 16.4. The number of aliphatic hydroxyl groups is 1. The van der Waals surface area contributed by atoms with E-state index in [1.807, 2.05) is 79.9 Å². The first-order valence-corrected chi connectivity index (χ1v) is 10.8. The van der Waals surface area contributed by atoms with E-state index in [9.17, 15) is 14.7 Å². The largest absolute Gasteiger partial charge is 0.503 e. The van der Waals surface area contributed by atoms with Crippen molar-refractivity contribution in [2.75, 3.05) is 4.90 Å². The average Bonchev–Trinajstić information content (AvgIpc) is 3.27. The summed E-state index contributed by atoms with van der Waals surface area (Å²) >= 11 is 1.50. The van der Waals surface area contributed by atoms with Crippen molar-refractivity contribution in [1.29, 1.82) is 0 Å². The Hall–Kier alpha value is -3.18. The van der Waals surface area contributed by atoms with Gasteiger partial charge in [-0.25, -0.2) is 0 Å². The Morgan fingerprint density at radius 1 is 1.07 bits per heavy atom. The van der Waals surface area contributed by atoms with E-state index in [1.54, 1.807) is 4.90 Å². The first-order chi connectivity index (χ1) is 14.5. The summed E-state index contributed by atoms with van der Waals surface area (Å²) in [6.45, 7) is 3.92. The molecule has 5 heteroatoms. The van der Waals surface area contributed by atoms with E-state index in [0.29, 0.717) is 12.1 Å². The quantitative estimate of drug-likeness (QED) is 0.579. The third-order valence-corrected chi connectivity index (χ3v) is 6.49. The van der Waals surface area contributed by atoms with Crippen LogP contribution >= 0.6 is 11.3 Å². The minimum atomic E-state index is -0.609. The predicted molar refractivity (Wildman–Crippen MR) is 120 cm³/mol. The lowest BCUT2D eigenvalue weighted by Crippen LogP contribution is -2.31. The second-order valence-electron chi connectivity index (χ2n) is 7.56. The number of carbonyl (C=O) groups excluding carboxylic acids is 2. The smallest absolute Gasteiger partial charge is 0.294 e. The van der Waals surface area contributed by atoms with Crippen molar-refractivity contribution in [1.82, 2.24) is 0 Å². The molecule has 1 aliphatic heterocycles. The van der Waals surface area contributed by atoms with Crippen LogP contribution in [-0.2, 0) is 16.0 Å². The molecule has 3 aromatic rings. The van der Waals surface area contributed by atoms with E-state index in [0.717, 1.165) is 21.6 Å². The highest BCUT2D eigenvalue weighted by Crippen LogP contribution is 2.44. The zero-order chi connectivity index (χ0) is 21.3. The highest BCUT2D eigenvalue weighted by Gasteiger charge is 2.45. The number of ketones is 1. The number of aliphatic hydroxyl groups excluding tert-OH is 1. The van der Waals surface area contributed by atoms with Gasteiger partial charge in [0.05, 0.1) is 5.57 Å². The van der Waals surface area contributed by atoms with Gasteiger partial charge in [0, 0.05) is 17.0 Å². The van der Waals surface area contributed by atoms with Gasteiger partial charge >= 0.3 is 0 Å². The van der Waals surface area contributed by atoms with Crippen LogP contribution in [0, 0.1) is 13.8 Å². The molecule has 30 heavy (non-hydrogen) atoms. The maximum absolute atomic E-state index is 13.2. The Balaban J connectivity index is 1.73. The molecule has 2 aromatic carbocycles. The maximum Gasteiger partial charge on any atom is 0.294 e. The summed E-state index contributed by atoms with van der Waals surface area (Å²) in [5, 5.41) is 12.7. The first kappa shape index (κ1) is 20.1. The molecule has 4 rings (SSSR count). The minimum Gasteiger partial charge on any atom is -0.503 e. The molecule has 152 valence electrons. The van der Waals surface area contributed by atoms with Gasteiger partial charge in [-0.2, -0.15) is 0 Å². The number of nitrogens with zero attached hydrogens (tertiary/aromatic N) is 1. The second-order valence-corrected chi connectivity index (χ2v) is 8.50. The Labute approximate surface area is 180 Å². The molecule has 0 radical (unpaired) electrons. The number of Topliss-reactive ketones (excluding diaryl/α,β-unsaturated/α-hetero) is 1. The molecule has 0 aliphatic carbocycles. The molecule has 0 spiro atoms. The molecule has 1 amide bonds. The van der Waals surface area contributed by atoms with Gasteiger partial charge in [-0.05, 0) is 60.5 Å². The second kappa shape index (κ2) is 8.28. The summed E-state index contributed by atoms with van der Waals surface area (Å²) in [6.07, 6.45) is 0.796. The minimum absolute atomic E-state index is 0.197. The van der Waals surface area contributed by atoms with Crippen molar-refractivity contribution >= 4 is 28.7 Å². The van der Waals surface area contributed by atoms with Gasteiger partial charge in [0.15, 0.2) is 11.5 Å². The molecule has 1 aromatic heterocycles. The van der Waals surface area contributed by atoms with Crippen LogP contribution in [0.5, 0.6) is 0 Å². The topological polar surface area (TPSA) is 57.6 Å². The fourth-order valence-electron chi connectivity index (χ4n) is 3.88. The first-order valence-electron chi connectivity index (χ1n) is 9.92. The van der Waals surface area contributed by atoms with Crippen molar-refractivity contribution in [2.45, 2.75) is 32.7 Å². The van der Waals surface area contributed by atoms with Crippen molar-refractivity contribution < 1.29 is 14.7 Å². The summed E-state index contributed by atoms with van der Waals surface area (Å²) in [5.41, 5.74) is 3.93. The molecule has 1 aliphatic rings. The molecule has 4 nitrogen and oxygen atoms in total. The van der Waals surface area contributed by atoms with E-state index < -0.39 is 17.7 Å². The highest BCUT2D eigenvalue weighted by atomic mass is 32.1. The standard InChI is InChI=1S/C25H23NO3S/c1-16-7-6-10-19(15-16)26-22(24-17(2)13-14-30-24)21(23(28)25(26)29)20(27)12-11-18-8-4-3-5-9-18/h3-10,13-15,22,28H,11-12H2,1-2H3. The average molecular weight is 418 g/mol. The number of aryl methyl sites for hydroxylation is 3. The summed E-state index contributed by atoms with van der Waals surface area (Å²) in [5.74, 6) is -1.16. The maximum atomic E-state index is 13.2. The molecular weight excluding hydrogens is 394 g/mol. The Morgan fingerprint density at radius 3 is 2.50 bits per heavy atom. The Morgan fingerprint density at radius 2 is 1.83 bits per heavy atom. The van der Waals surface area contributed by atoms with Crippen LogP contribution in [0.25, 0.3) is 0 Å². The molecule has 1 atom stereocenters. The zero-order valence-corrected chi connectivity index (χ0v) is 17.8. The van der Waals surface area contributed by atoms with Crippen LogP contribution in [0.1, 0.15) is 34.0 Å². The van der Waals surface area contributed by atoms with Crippen LogP contribution in [0.3, 0.4) is 0 Å². The molecule has 0 saturated carbocycles. The van der Waals surface area contributed by atoms with Gasteiger partial charge in [-0.1, -0.05) is 42.5 Å². The Kier molecular flexibility index (Phi) is 5.55. The van der Waals surface area contributed by atoms with Crippen LogP contribution < -0.4 is 4.90 Å². The number of rotatable bonds is 6. The molecule has 1 N–H and O–H groups in total. The van der Waals surface area contributed by atoms with Crippen molar-refractivity contribution in [3.63, 3.8) is 0 Å². The molecule has 0 bridgehead atoms. The fraction of sp³-hybridized carbons (Fsp3) is 0.200. The van der Waals surface area contributed by atoms with E-state index in [1.165, 1.54) is 11.3 Å². The third kappa shape index (κ3) is 3.68. The summed E-state index contributed by atoms with van der Waals surface area (Å²) in [7, 11) is 0. The van der Waals surface area contributed by atoms with Crippen LogP contribution in [0.15, 0.2) is 77.4 Å². The lowest BCUT2D eigenvalue weighted by atomic mass is 9.95. The third-order valence-electron chi connectivity index (χ3n) is 5.42. The summed E-state index contributed by atoms with van der Waals surface area (Å²) in [6, 6.07) is 18.7. The van der Waals surface area contributed by atoms with Crippen molar-refractivity contribution in [3.05, 3.63) is 98.9 Å². The summed E-state index contributed by atoms with van der Waals surface area (Å²) < 4.78 is 0. The van der Waals surface area contributed by atoms with Crippen molar-refractivity contribution in [3.8, 4) is 0 Å². The van der Waals surface area contributed by atoms with E-state index >= 15 is 0 Å². The lowest BCUT2D eigenvalue weighted by molar-refractivity contribution is -0.118. The molecule has 0 saturated heterocycles. The van der Waals surface area contributed by atoms with Crippen LogP contribution in [0.2, 0.25) is 0 Å². The molecule has 0 fully saturated rings. The molecule has 2 heterocycles. The van der Waals surface area contributed by atoms with Gasteiger partial charge in [-0.3, -0.25) is 14.5 Å². The molecule has 1 unspecified atom stereocenters.